The minimum absolute atomic E-state index is 0.0533. The molecule has 4 nitrogen and oxygen atoms in total. The molecule has 23 heavy (non-hydrogen) atoms. The molecule has 0 saturated heterocycles. The van der Waals surface area contributed by atoms with Crippen molar-refractivity contribution in [2.75, 3.05) is 6.54 Å². The van der Waals surface area contributed by atoms with Crippen LogP contribution in [0.4, 0.5) is 4.79 Å². The molecule has 2 atom stereocenters. The van der Waals surface area contributed by atoms with Crippen LogP contribution in [0.5, 0.6) is 0 Å². The third-order valence-electron chi connectivity index (χ3n) is 3.38. The molecule has 1 amide bonds. The van der Waals surface area contributed by atoms with E-state index in [0.717, 1.165) is 17.9 Å². The molecule has 0 bridgehead atoms. The van der Waals surface area contributed by atoms with Crippen LogP contribution in [-0.2, 0) is 11.2 Å². The summed E-state index contributed by atoms with van der Waals surface area (Å²) in [5.74, 6) is 0. The van der Waals surface area contributed by atoms with Crippen LogP contribution in [0, 0.1) is 0 Å². The van der Waals surface area contributed by atoms with E-state index in [1.165, 1.54) is 5.56 Å². The van der Waals surface area contributed by atoms with Crippen molar-refractivity contribution in [3.05, 3.63) is 34.9 Å². The van der Waals surface area contributed by atoms with E-state index in [4.69, 9.17) is 16.3 Å². The Hall–Kier alpha value is -1.26. The monoisotopic (exact) mass is 340 g/mol. The second-order valence-electron chi connectivity index (χ2n) is 6.89. The topological polar surface area (TPSA) is 50.4 Å². The minimum atomic E-state index is -0.475. The lowest BCUT2D eigenvalue weighted by molar-refractivity contribution is 0.0502. The Kier molecular flexibility index (Phi) is 7.86. The van der Waals surface area contributed by atoms with Crippen LogP contribution in [0.25, 0.3) is 0 Å². The van der Waals surface area contributed by atoms with Crippen LogP contribution in [-0.4, -0.2) is 30.3 Å². The van der Waals surface area contributed by atoms with Gasteiger partial charge in [0.1, 0.15) is 5.60 Å². The average Bonchev–Trinajstić information content (AvgIpc) is 2.44. The largest absolute Gasteiger partial charge is 0.444 e. The summed E-state index contributed by atoms with van der Waals surface area (Å²) < 4.78 is 5.29. The number of carbonyl (C=O) groups excluding carboxylic acids is 1. The SMILES string of the molecule is CCC(CNC(C)Cc1ccc(Cl)cc1)NC(=O)OC(C)(C)C. The Morgan fingerprint density at radius 1 is 1.26 bits per heavy atom. The molecule has 1 aromatic carbocycles. The molecule has 0 heterocycles. The summed E-state index contributed by atoms with van der Waals surface area (Å²) >= 11 is 5.90. The van der Waals surface area contributed by atoms with Crippen molar-refractivity contribution in [2.45, 2.75) is 65.1 Å². The minimum Gasteiger partial charge on any atom is -0.444 e. The number of halogens is 1. The maximum atomic E-state index is 11.8. The van der Waals surface area contributed by atoms with Gasteiger partial charge in [-0.2, -0.15) is 0 Å². The Balaban J connectivity index is 2.38. The zero-order valence-corrected chi connectivity index (χ0v) is 15.5. The number of nitrogens with one attached hydrogen (secondary N) is 2. The normalized spacial score (nSPS) is 14.2. The summed E-state index contributed by atoms with van der Waals surface area (Å²) in [4.78, 5) is 11.8. The van der Waals surface area contributed by atoms with Crippen molar-refractivity contribution in [3.8, 4) is 0 Å². The molecule has 0 saturated carbocycles. The van der Waals surface area contributed by atoms with E-state index in [0.29, 0.717) is 12.6 Å². The lowest BCUT2D eigenvalue weighted by atomic mass is 10.1. The number of hydrogen-bond acceptors (Lipinski definition) is 3. The number of alkyl carbamates (subject to hydrolysis) is 1. The summed E-state index contributed by atoms with van der Waals surface area (Å²) in [5.41, 5.74) is 0.764. The second-order valence-corrected chi connectivity index (χ2v) is 7.33. The maximum absolute atomic E-state index is 11.8. The standard InChI is InChI=1S/C18H29ClN2O2/c1-6-16(21-17(22)23-18(3,4)5)12-20-13(2)11-14-7-9-15(19)10-8-14/h7-10,13,16,20H,6,11-12H2,1-5H3,(H,21,22). The summed E-state index contributed by atoms with van der Waals surface area (Å²) in [7, 11) is 0. The van der Waals surface area contributed by atoms with E-state index in [2.05, 4.69) is 17.6 Å². The zero-order chi connectivity index (χ0) is 17.5. The highest BCUT2D eigenvalue weighted by Gasteiger charge is 2.19. The van der Waals surface area contributed by atoms with E-state index in [1.54, 1.807) is 0 Å². The molecule has 2 unspecified atom stereocenters. The van der Waals surface area contributed by atoms with Crippen molar-refractivity contribution in [1.82, 2.24) is 10.6 Å². The molecule has 0 aliphatic carbocycles. The van der Waals surface area contributed by atoms with Crippen molar-refractivity contribution >= 4 is 17.7 Å². The molecule has 130 valence electrons. The van der Waals surface area contributed by atoms with Gasteiger partial charge in [0.2, 0.25) is 0 Å². The summed E-state index contributed by atoms with van der Waals surface area (Å²) in [5, 5.41) is 7.12. The number of benzene rings is 1. The summed E-state index contributed by atoms with van der Waals surface area (Å²) in [6.07, 6.45) is 1.40. The quantitative estimate of drug-likeness (QED) is 0.783. The van der Waals surface area contributed by atoms with E-state index < -0.39 is 5.60 Å². The van der Waals surface area contributed by atoms with E-state index in [-0.39, 0.29) is 12.1 Å². The van der Waals surface area contributed by atoms with E-state index >= 15 is 0 Å². The molecule has 1 aromatic rings. The Morgan fingerprint density at radius 3 is 2.39 bits per heavy atom. The summed E-state index contributed by atoms with van der Waals surface area (Å²) in [6, 6.07) is 8.25. The summed E-state index contributed by atoms with van der Waals surface area (Å²) in [6.45, 7) is 10.5. The van der Waals surface area contributed by atoms with Gasteiger partial charge in [-0.1, -0.05) is 30.7 Å². The van der Waals surface area contributed by atoms with Gasteiger partial charge in [-0.15, -0.1) is 0 Å². The van der Waals surface area contributed by atoms with Gasteiger partial charge in [0.15, 0.2) is 0 Å². The van der Waals surface area contributed by atoms with Crippen LogP contribution < -0.4 is 10.6 Å². The van der Waals surface area contributed by atoms with Crippen LogP contribution in [0.1, 0.15) is 46.6 Å². The smallest absolute Gasteiger partial charge is 0.407 e. The second kappa shape index (κ2) is 9.14. The molecular weight excluding hydrogens is 312 g/mol. The van der Waals surface area contributed by atoms with Gasteiger partial charge >= 0.3 is 6.09 Å². The fourth-order valence-corrected chi connectivity index (χ4v) is 2.29. The van der Waals surface area contributed by atoms with Crippen LogP contribution in [0.2, 0.25) is 5.02 Å². The lowest BCUT2D eigenvalue weighted by Gasteiger charge is -2.24. The highest BCUT2D eigenvalue weighted by Crippen LogP contribution is 2.11. The number of rotatable bonds is 7. The van der Waals surface area contributed by atoms with Gasteiger partial charge in [0.25, 0.3) is 0 Å². The third-order valence-corrected chi connectivity index (χ3v) is 3.63. The fraction of sp³-hybridized carbons (Fsp3) is 0.611. The zero-order valence-electron chi connectivity index (χ0n) is 14.8. The van der Waals surface area contributed by atoms with Crippen molar-refractivity contribution in [1.29, 1.82) is 0 Å². The number of hydrogen-bond donors (Lipinski definition) is 2. The lowest BCUT2D eigenvalue weighted by Crippen LogP contribution is -2.46. The molecule has 0 aliphatic rings. The predicted molar refractivity (Wildman–Crippen MR) is 96.1 cm³/mol. The van der Waals surface area contributed by atoms with Crippen LogP contribution in [0.3, 0.4) is 0 Å². The first kappa shape index (κ1) is 19.8. The predicted octanol–water partition coefficient (Wildman–Crippen LogP) is 4.16. The number of carbonyl (C=O) groups is 1. The number of ether oxygens (including phenoxy) is 1. The Labute approximate surface area is 144 Å². The molecular formula is C18H29ClN2O2. The van der Waals surface area contributed by atoms with Gasteiger partial charge in [-0.05, 0) is 58.2 Å². The molecule has 2 N–H and O–H groups in total. The number of amides is 1. The van der Waals surface area contributed by atoms with Gasteiger partial charge in [0, 0.05) is 23.7 Å². The molecule has 0 fully saturated rings. The Morgan fingerprint density at radius 2 is 1.87 bits per heavy atom. The first-order valence-electron chi connectivity index (χ1n) is 8.17. The van der Waals surface area contributed by atoms with Crippen molar-refractivity contribution in [3.63, 3.8) is 0 Å². The molecule has 1 rings (SSSR count). The van der Waals surface area contributed by atoms with Gasteiger partial charge in [-0.3, -0.25) is 0 Å². The first-order chi connectivity index (χ1) is 10.7. The maximum Gasteiger partial charge on any atom is 0.407 e. The molecule has 0 spiro atoms. The van der Waals surface area contributed by atoms with E-state index in [1.807, 2.05) is 52.0 Å². The van der Waals surface area contributed by atoms with Gasteiger partial charge < -0.3 is 15.4 Å². The molecule has 0 radical (unpaired) electrons. The van der Waals surface area contributed by atoms with Gasteiger partial charge in [0.05, 0.1) is 0 Å². The van der Waals surface area contributed by atoms with Gasteiger partial charge in [-0.25, -0.2) is 4.79 Å². The van der Waals surface area contributed by atoms with Crippen molar-refractivity contribution < 1.29 is 9.53 Å². The fourth-order valence-electron chi connectivity index (χ4n) is 2.16. The molecule has 5 heteroatoms. The molecule has 0 aliphatic heterocycles. The first-order valence-corrected chi connectivity index (χ1v) is 8.54. The molecule has 0 aromatic heterocycles. The average molecular weight is 341 g/mol. The third kappa shape index (κ3) is 8.82. The van der Waals surface area contributed by atoms with Crippen LogP contribution >= 0.6 is 11.6 Å². The highest BCUT2D eigenvalue weighted by atomic mass is 35.5. The van der Waals surface area contributed by atoms with E-state index in [9.17, 15) is 4.79 Å². The van der Waals surface area contributed by atoms with Crippen molar-refractivity contribution in [2.24, 2.45) is 0 Å². The highest BCUT2D eigenvalue weighted by molar-refractivity contribution is 6.30. The van der Waals surface area contributed by atoms with Crippen LogP contribution in [0.15, 0.2) is 24.3 Å². The Bertz CT molecular complexity index is 483.